The number of nitrogens with one attached hydrogen (secondary N) is 2. The van der Waals surface area contributed by atoms with Crippen LogP contribution in [0.15, 0.2) is 12.1 Å². The van der Waals surface area contributed by atoms with Gasteiger partial charge in [0.25, 0.3) is 0 Å². The van der Waals surface area contributed by atoms with Crippen LogP contribution in [-0.4, -0.2) is 43.5 Å². The molecule has 110 valence electrons. The number of amides is 1. The second-order valence-corrected chi connectivity index (χ2v) is 5.68. The van der Waals surface area contributed by atoms with Crippen molar-refractivity contribution in [1.29, 1.82) is 0 Å². The first-order chi connectivity index (χ1) is 9.56. The van der Waals surface area contributed by atoms with Crippen LogP contribution in [0.5, 0.6) is 0 Å². The van der Waals surface area contributed by atoms with Crippen molar-refractivity contribution in [2.75, 3.05) is 32.7 Å². The van der Waals surface area contributed by atoms with Crippen molar-refractivity contribution >= 4 is 5.91 Å². The summed E-state index contributed by atoms with van der Waals surface area (Å²) < 4.78 is 0. The van der Waals surface area contributed by atoms with E-state index in [1.54, 1.807) is 0 Å². The van der Waals surface area contributed by atoms with E-state index in [4.69, 9.17) is 0 Å². The fraction of sp³-hybridized carbons (Fsp3) is 0.562. The molecular weight excluding hydrogens is 250 g/mol. The zero-order valence-corrected chi connectivity index (χ0v) is 12.8. The predicted octanol–water partition coefficient (Wildman–Crippen LogP) is 1.13. The van der Waals surface area contributed by atoms with E-state index < -0.39 is 0 Å². The van der Waals surface area contributed by atoms with E-state index in [1.165, 1.54) is 22.3 Å². The Morgan fingerprint density at radius 1 is 1.20 bits per heavy atom. The highest BCUT2D eigenvalue weighted by atomic mass is 16.2. The normalized spacial score (nSPS) is 16.1. The molecule has 1 aromatic carbocycles. The van der Waals surface area contributed by atoms with Crippen LogP contribution in [0, 0.1) is 20.8 Å². The second-order valence-electron chi connectivity index (χ2n) is 5.68. The van der Waals surface area contributed by atoms with E-state index in [1.807, 2.05) is 0 Å². The van der Waals surface area contributed by atoms with Gasteiger partial charge < -0.3 is 10.6 Å². The average molecular weight is 275 g/mol. The first kappa shape index (κ1) is 15.0. The van der Waals surface area contributed by atoms with Crippen molar-refractivity contribution in [2.24, 2.45) is 0 Å². The fourth-order valence-corrected chi connectivity index (χ4v) is 2.80. The van der Waals surface area contributed by atoms with Crippen LogP contribution in [0.25, 0.3) is 0 Å². The minimum atomic E-state index is 0.117. The van der Waals surface area contributed by atoms with Gasteiger partial charge in [-0.1, -0.05) is 17.7 Å². The van der Waals surface area contributed by atoms with Crippen molar-refractivity contribution < 1.29 is 4.79 Å². The standard InChI is InChI=1S/C16H25N3O/c1-12-8-13(2)15(14(3)9-12)10-18-16(20)11-19-6-4-17-5-7-19/h8-9,17H,4-7,10-11H2,1-3H3,(H,18,20). The number of hydrogen-bond acceptors (Lipinski definition) is 3. The number of rotatable bonds is 4. The van der Waals surface area contributed by atoms with Crippen LogP contribution in [0.2, 0.25) is 0 Å². The van der Waals surface area contributed by atoms with Gasteiger partial charge in [-0.15, -0.1) is 0 Å². The third-order valence-electron chi connectivity index (χ3n) is 3.88. The molecule has 0 bridgehead atoms. The third kappa shape index (κ3) is 4.05. The summed E-state index contributed by atoms with van der Waals surface area (Å²) in [7, 11) is 0. The highest BCUT2D eigenvalue weighted by Crippen LogP contribution is 2.15. The molecule has 0 aromatic heterocycles. The summed E-state index contributed by atoms with van der Waals surface area (Å²) in [4.78, 5) is 14.2. The third-order valence-corrected chi connectivity index (χ3v) is 3.88. The van der Waals surface area contributed by atoms with E-state index in [0.717, 1.165) is 26.2 Å². The van der Waals surface area contributed by atoms with Gasteiger partial charge in [-0.3, -0.25) is 9.69 Å². The zero-order valence-electron chi connectivity index (χ0n) is 12.8. The summed E-state index contributed by atoms with van der Waals surface area (Å²) >= 11 is 0. The van der Waals surface area contributed by atoms with E-state index in [9.17, 15) is 4.79 Å². The van der Waals surface area contributed by atoms with Crippen LogP contribution >= 0.6 is 0 Å². The molecule has 2 N–H and O–H groups in total. The molecule has 1 fully saturated rings. The molecule has 0 spiro atoms. The maximum Gasteiger partial charge on any atom is 0.234 e. The Bertz CT molecular complexity index is 456. The quantitative estimate of drug-likeness (QED) is 0.866. The van der Waals surface area contributed by atoms with Crippen LogP contribution in [-0.2, 0) is 11.3 Å². The van der Waals surface area contributed by atoms with Crippen molar-refractivity contribution in [3.63, 3.8) is 0 Å². The van der Waals surface area contributed by atoms with Crippen LogP contribution in [0.3, 0.4) is 0 Å². The molecule has 20 heavy (non-hydrogen) atoms. The number of aryl methyl sites for hydroxylation is 3. The van der Waals surface area contributed by atoms with Crippen LogP contribution in [0.4, 0.5) is 0 Å². The largest absolute Gasteiger partial charge is 0.351 e. The molecule has 1 heterocycles. The number of hydrogen-bond donors (Lipinski definition) is 2. The first-order valence-corrected chi connectivity index (χ1v) is 7.33. The Morgan fingerprint density at radius 3 is 2.40 bits per heavy atom. The van der Waals surface area contributed by atoms with Gasteiger partial charge in [0.15, 0.2) is 0 Å². The second kappa shape index (κ2) is 6.86. The molecule has 1 aromatic rings. The Labute approximate surface area is 121 Å². The van der Waals surface area contributed by atoms with Gasteiger partial charge in [0, 0.05) is 32.7 Å². The molecular formula is C16H25N3O. The molecule has 4 heteroatoms. The molecule has 0 atom stereocenters. The molecule has 0 aliphatic carbocycles. The Balaban J connectivity index is 1.87. The monoisotopic (exact) mass is 275 g/mol. The highest BCUT2D eigenvalue weighted by molar-refractivity contribution is 5.78. The Morgan fingerprint density at radius 2 is 1.80 bits per heavy atom. The van der Waals surface area contributed by atoms with Crippen molar-refractivity contribution in [2.45, 2.75) is 27.3 Å². The van der Waals surface area contributed by atoms with Crippen LogP contribution in [0.1, 0.15) is 22.3 Å². The smallest absolute Gasteiger partial charge is 0.234 e. The molecule has 1 saturated heterocycles. The zero-order chi connectivity index (χ0) is 14.5. The summed E-state index contributed by atoms with van der Waals surface area (Å²) in [5.41, 5.74) is 5.02. The van der Waals surface area contributed by atoms with Gasteiger partial charge in [-0.2, -0.15) is 0 Å². The lowest BCUT2D eigenvalue weighted by Crippen LogP contribution is -2.47. The summed E-state index contributed by atoms with van der Waals surface area (Å²) in [6.07, 6.45) is 0. The number of piperazine rings is 1. The fourth-order valence-electron chi connectivity index (χ4n) is 2.80. The summed E-state index contributed by atoms with van der Waals surface area (Å²) in [5, 5.41) is 6.34. The first-order valence-electron chi connectivity index (χ1n) is 7.33. The lowest BCUT2D eigenvalue weighted by Gasteiger charge is -2.26. The SMILES string of the molecule is Cc1cc(C)c(CNC(=O)CN2CCNCC2)c(C)c1. The lowest BCUT2D eigenvalue weighted by molar-refractivity contribution is -0.122. The number of nitrogens with zero attached hydrogens (tertiary/aromatic N) is 1. The average Bonchev–Trinajstić information content (AvgIpc) is 2.38. The van der Waals surface area contributed by atoms with Gasteiger partial charge in [-0.05, 0) is 37.5 Å². The molecule has 0 radical (unpaired) electrons. The summed E-state index contributed by atoms with van der Waals surface area (Å²) in [6.45, 7) is 11.3. The molecule has 1 aliphatic heterocycles. The summed E-state index contributed by atoms with van der Waals surface area (Å²) in [5.74, 6) is 0.117. The molecule has 2 rings (SSSR count). The molecule has 1 amide bonds. The van der Waals surface area contributed by atoms with E-state index in [2.05, 4.69) is 48.4 Å². The maximum absolute atomic E-state index is 12.0. The molecule has 0 unspecified atom stereocenters. The number of benzene rings is 1. The molecule has 1 aliphatic rings. The van der Waals surface area contributed by atoms with Gasteiger partial charge in [0.05, 0.1) is 6.54 Å². The highest BCUT2D eigenvalue weighted by Gasteiger charge is 2.13. The van der Waals surface area contributed by atoms with Gasteiger partial charge in [-0.25, -0.2) is 0 Å². The van der Waals surface area contributed by atoms with E-state index >= 15 is 0 Å². The van der Waals surface area contributed by atoms with E-state index in [0.29, 0.717) is 13.1 Å². The lowest BCUT2D eigenvalue weighted by atomic mass is 10.00. The van der Waals surface area contributed by atoms with Crippen molar-refractivity contribution in [3.05, 3.63) is 34.4 Å². The molecule has 4 nitrogen and oxygen atoms in total. The van der Waals surface area contributed by atoms with Gasteiger partial charge in [0.2, 0.25) is 5.91 Å². The van der Waals surface area contributed by atoms with Crippen molar-refractivity contribution in [1.82, 2.24) is 15.5 Å². The Kier molecular flexibility index (Phi) is 5.15. The predicted molar refractivity (Wildman–Crippen MR) is 81.8 cm³/mol. The maximum atomic E-state index is 12.0. The Hall–Kier alpha value is -1.39. The van der Waals surface area contributed by atoms with Crippen molar-refractivity contribution in [3.8, 4) is 0 Å². The summed E-state index contributed by atoms with van der Waals surface area (Å²) in [6, 6.07) is 4.34. The van der Waals surface area contributed by atoms with Crippen LogP contribution < -0.4 is 10.6 Å². The minimum Gasteiger partial charge on any atom is -0.351 e. The van der Waals surface area contributed by atoms with Gasteiger partial charge in [0.1, 0.15) is 0 Å². The minimum absolute atomic E-state index is 0.117. The number of carbonyl (C=O) groups is 1. The molecule has 0 saturated carbocycles. The van der Waals surface area contributed by atoms with E-state index in [-0.39, 0.29) is 5.91 Å². The van der Waals surface area contributed by atoms with Gasteiger partial charge >= 0.3 is 0 Å². The number of carbonyl (C=O) groups excluding carboxylic acids is 1. The topological polar surface area (TPSA) is 44.4 Å².